The number of benzene rings is 1. The molecule has 0 fully saturated rings. The molecule has 0 saturated carbocycles. The van der Waals surface area contributed by atoms with Crippen LogP contribution in [-0.2, 0) is 22.7 Å². The minimum absolute atomic E-state index is 0.0423. The van der Waals surface area contributed by atoms with Crippen molar-refractivity contribution >= 4 is 28.8 Å². The molecule has 0 amide bonds. The number of anilines is 2. The van der Waals surface area contributed by atoms with Gasteiger partial charge in [0.05, 0.1) is 6.61 Å². The molecule has 3 rings (SSSR count). The molecule has 0 aliphatic carbocycles. The quantitative estimate of drug-likeness (QED) is 0.639. The Labute approximate surface area is 143 Å². The number of hydrogen-bond acceptors (Lipinski definition) is 9. The number of nitrogens with zero attached hydrogens (tertiary/aromatic N) is 3. The van der Waals surface area contributed by atoms with Crippen LogP contribution in [0.2, 0.25) is 0 Å². The van der Waals surface area contributed by atoms with E-state index in [0.29, 0.717) is 17.8 Å². The molecule has 0 spiro atoms. The van der Waals surface area contributed by atoms with Crippen LogP contribution in [0.3, 0.4) is 0 Å². The van der Waals surface area contributed by atoms with Gasteiger partial charge < -0.3 is 25.4 Å². The van der Waals surface area contributed by atoms with Gasteiger partial charge in [0.15, 0.2) is 12.4 Å². The fourth-order valence-electron chi connectivity index (χ4n) is 2.33. The number of carbonyl (C=O) groups excluding carboxylic acids is 1. The third kappa shape index (κ3) is 3.66. The molecule has 4 N–H and O–H groups in total. The van der Waals surface area contributed by atoms with Crippen molar-refractivity contribution in [3.63, 3.8) is 0 Å². The predicted molar refractivity (Wildman–Crippen MR) is 89.3 cm³/mol. The number of carbonyl (C=O) groups is 1. The standard InChI is InChI=1S/C16H17N5O4/c1-2-23-7-10-9-5-3-4-6-11(9)25-13(10)14(22)24-8-12-19-15(17)21-16(18)20-12/h3-6H,2,7-8H2,1H3,(H4,17,18,19,20,21). The second kappa shape index (κ2) is 7.14. The van der Waals surface area contributed by atoms with Crippen LogP contribution in [0, 0.1) is 0 Å². The lowest BCUT2D eigenvalue weighted by Gasteiger charge is -2.05. The third-order valence-electron chi connectivity index (χ3n) is 3.38. The van der Waals surface area contributed by atoms with E-state index in [1.807, 2.05) is 25.1 Å². The number of nitrogen functional groups attached to an aromatic ring is 2. The number of rotatable bonds is 6. The van der Waals surface area contributed by atoms with Crippen molar-refractivity contribution in [1.29, 1.82) is 0 Å². The van der Waals surface area contributed by atoms with Gasteiger partial charge in [-0.3, -0.25) is 0 Å². The highest BCUT2D eigenvalue weighted by Gasteiger charge is 2.22. The zero-order valence-electron chi connectivity index (χ0n) is 13.6. The Morgan fingerprint density at radius 1 is 1.12 bits per heavy atom. The Morgan fingerprint density at radius 2 is 1.84 bits per heavy atom. The molecule has 9 heteroatoms. The second-order valence-corrected chi connectivity index (χ2v) is 5.09. The van der Waals surface area contributed by atoms with Crippen molar-refractivity contribution in [1.82, 2.24) is 15.0 Å². The van der Waals surface area contributed by atoms with Gasteiger partial charge in [-0.2, -0.15) is 15.0 Å². The van der Waals surface area contributed by atoms with E-state index in [9.17, 15) is 4.79 Å². The number of nitrogens with two attached hydrogens (primary N) is 2. The normalized spacial score (nSPS) is 10.9. The molecule has 130 valence electrons. The summed E-state index contributed by atoms with van der Waals surface area (Å²) in [6.45, 7) is 2.41. The third-order valence-corrected chi connectivity index (χ3v) is 3.38. The number of hydrogen-bond donors (Lipinski definition) is 2. The zero-order chi connectivity index (χ0) is 17.8. The molecule has 0 radical (unpaired) electrons. The average Bonchev–Trinajstić information content (AvgIpc) is 2.96. The van der Waals surface area contributed by atoms with Crippen LogP contribution in [0.4, 0.5) is 11.9 Å². The maximum atomic E-state index is 12.4. The van der Waals surface area contributed by atoms with E-state index in [1.165, 1.54) is 0 Å². The number of furan rings is 1. The SMILES string of the molecule is CCOCc1c(C(=O)OCc2nc(N)nc(N)n2)oc2ccccc12. The molecule has 0 unspecified atom stereocenters. The number of ether oxygens (including phenoxy) is 2. The van der Waals surface area contributed by atoms with E-state index in [4.69, 9.17) is 25.4 Å². The number of esters is 1. The number of para-hydroxylation sites is 1. The van der Waals surface area contributed by atoms with Crippen LogP contribution >= 0.6 is 0 Å². The summed E-state index contributed by atoms with van der Waals surface area (Å²) in [7, 11) is 0. The first-order chi connectivity index (χ1) is 12.1. The number of aromatic nitrogens is 3. The van der Waals surface area contributed by atoms with Gasteiger partial charge in [0.25, 0.3) is 0 Å². The zero-order valence-corrected chi connectivity index (χ0v) is 13.6. The first kappa shape index (κ1) is 16.7. The van der Waals surface area contributed by atoms with Crippen molar-refractivity contribution < 1.29 is 18.7 Å². The molecule has 0 aliphatic rings. The molecule has 3 aromatic rings. The predicted octanol–water partition coefficient (Wildman–Crippen LogP) is 1.68. The van der Waals surface area contributed by atoms with Gasteiger partial charge in [0.1, 0.15) is 5.58 Å². The minimum atomic E-state index is -0.650. The molecule has 0 atom stereocenters. The summed E-state index contributed by atoms with van der Waals surface area (Å²) in [6.07, 6.45) is 0. The largest absolute Gasteiger partial charge is 0.452 e. The summed E-state index contributed by atoms with van der Waals surface area (Å²) in [5.41, 5.74) is 12.2. The average molecular weight is 343 g/mol. The topological polar surface area (TPSA) is 139 Å². The van der Waals surface area contributed by atoms with Crippen LogP contribution < -0.4 is 11.5 Å². The van der Waals surface area contributed by atoms with Crippen LogP contribution in [0.1, 0.15) is 28.9 Å². The summed E-state index contributed by atoms with van der Waals surface area (Å²) in [5.74, 6) is -0.493. The lowest BCUT2D eigenvalue weighted by atomic mass is 10.1. The molecule has 1 aromatic carbocycles. The molecule has 0 saturated heterocycles. The minimum Gasteiger partial charge on any atom is -0.452 e. The summed E-state index contributed by atoms with van der Waals surface area (Å²) in [5, 5.41) is 0.802. The van der Waals surface area contributed by atoms with Crippen LogP contribution in [0.5, 0.6) is 0 Å². The first-order valence-corrected chi connectivity index (χ1v) is 7.59. The molecule has 9 nitrogen and oxygen atoms in total. The molecule has 0 bridgehead atoms. The summed E-state index contributed by atoms with van der Waals surface area (Å²) in [6, 6.07) is 7.31. The van der Waals surface area contributed by atoms with Gasteiger partial charge in [-0.25, -0.2) is 4.79 Å². The van der Waals surface area contributed by atoms with E-state index < -0.39 is 5.97 Å². The Kier molecular flexibility index (Phi) is 4.75. The highest BCUT2D eigenvalue weighted by atomic mass is 16.5. The van der Waals surface area contributed by atoms with Crippen molar-refractivity contribution in [3.05, 3.63) is 41.4 Å². The highest BCUT2D eigenvalue weighted by molar-refractivity contribution is 5.96. The van der Waals surface area contributed by atoms with Crippen molar-refractivity contribution in [2.75, 3.05) is 18.1 Å². The lowest BCUT2D eigenvalue weighted by Crippen LogP contribution is -2.12. The second-order valence-electron chi connectivity index (χ2n) is 5.09. The van der Waals surface area contributed by atoms with Gasteiger partial charge in [-0.15, -0.1) is 0 Å². The Bertz CT molecular complexity index is 888. The fourth-order valence-corrected chi connectivity index (χ4v) is 2.33. The monoisotopic (exact) mass is 343 g/mol. The van der Waals surface area contributed by atoms with Crippen molar-refractivity contribution in [2.45, 2.75) is 20.1 Å². The lowest BCUT2D eigenvalue weighted by molar-refractivity contribution is 0.0420. The van der Waals surface area contributed by atoms with Gasteiger partial charge in [0, 0.05) is 17.6 Å². The van der Waals surface area contributed by atoms with E-state index in [0.717, 1.165) is 5.39 Å². The molecule has 0 aliphatic heterocycles. The Balaban J connectivity index is 1.83. The maximum Gasteiger partial charge on any atom is 0.375 e. The van der Waals surface area contributed by atoms with Gasteiger partial charge in [0.2, 0.25) is 17.7 Å². The molecular formula is C16H17N5O4. The highest BCUT2D eigenvalue weighted by Crippen LogP contribution is 2.27. The van der Waals surface area contributed by atoms with Gasteiger partial charge >= 0.3 is 5.97 Å². The van der Waals surface area contributed by atoms with Crippen LogP contribution in [-0.4, -0.2) is 27.5 Å². The Morgan fingerprint density at radius 3 is 2.56 bits per heavy atom. The molecule has 2 aromatic heterocycles. The van der Waals surface area contributed by atoms with E-state index >= 15 is 0 Å². The first-order valence-electron chi connectivity index (χ1n) is 7.59. The smallest absolute Gasteiger partial charge is 0.375 e. The van der Waals surface area contributed by atoms with Gasteiger partial charge in [-0.1, -0.05) is 18.2 Å². The fraction of sp³-hybridized carbons (Fsp3) is 0.250. The molecule has 2 heterocycles. The van der Waals surface area contributed by atoms with Crippen LogP contribution in [0.15, 0.2) is 28.7 Å². The van der Waals surface area contributed by atoms with Gasteiger partial charge in [-0.05, 0) is 13.0 Å². The van der Waals surface area contributed by atoms with E-state index in [2.05, 4.69) is 15.0 Å². The molecular weight excluding hydrogens is 326 g/mol. The maximum absolute atomic E-state index is 12.4. The summed E-state index contributed by atoms with van der Waals surface area (Å²) < 4.78 is 16.3. The van der Waals surface area contributed by atoms with Crippen LogP contribution in [0.25, 0.3) is 11.0 Å². The molecule has 25 heavy (non-hydrogen) atoms. The van der Waals surface area contributed by atoms with E-state index in [-0.39, 0.29) is 36.7 Å². The Hall–Kier alpha value is -3.20. The van der Waals surface area contributed by atoms with E-state index in [1.54, 1.807) is 6.07 Å². The van der Waals surface area contributed by atoms with Crippen molar-refractivity contribution in [3.8, 4) is 0 Å². The number of fused-ring (bicyclic) bond motifs is 1. The van der Waals surface area contributed by atoms with Crippen molar-refractivity contribution in [2.24, 2.45) is 0 Å². The summed E-state index contributed by atoms with van der Waals surface area (Å²) >= 11 is 0. The summed E-state index contributed by atoms with van der Waals surface area (Å²) in [4.78, 5) is 23.8.